The lowest BCUT2D eigenvalue weighted by Crippen LogP contribution is -1.95. The molecule has 3 aromatic rings. The molecule has 0 amide bonds. The summed E-state index contributed by atoms with van der Waals surface area (Å²) in [5.74, 6) is 0.356. The van der Waals surface area contributed by atoms with Gasteiger partial charge in [-0.3, -0.25) is 10.1 Å². The highest BCUT2D eigenvalue weighted by Gasteiger charge is 2.20. The van der Waals surface area contributed by atoms with Gasteiger partial charge >= 0.3 is 0 Å². The molecule has 0 radical (unpaired) electrons. The Kier molecular flexibility index (Phi) is 4.21. The van der Waals surface area contributed by atoms with E-state index in [1.54, 1.807) is 26.0 Å². The van der Waals surface area contributed by atoms with Gasteiger partial charge in [-0.1, -0.05) is 34.4 Å². The van der Waals surface area contributed by atoms with Gasteiger partial charge in [-0.2, -0.15) is 4.98 Å². The van der Waals surface area contributed by atoms with Crippen LogP contribution < -0.4 is 0 Å². The van der Waals surface area contributed by atoms with Gasteiger partial charge in [0.25, 0.3) is 11.6 Å². The maximum atomic E-state index is 10.9. The molecule has 0 spiro atoms. The molecule has 122 valence electrons. The molecule has 9 heteroatoms. The van der Waals surface area contributed by atoms with E-state index in [4.69, 9.17) is 27.7 Å². The van der Waals surface area contributed by atoms with Gasteiger partial charge in [0, 0.05) is 17.7 Å². The predicted molar refractivity (Wildman–Crippen MR) is 89.1 cm³/mol. The molecular formula is C15H10Cl2N4O3. The molecule has 0 saturated carbocycles. The third-order valence-electron chi connectivity index (χ3n) is 3.45. The molecule has 0 bridgehead atoms. The van der Waals surface area contributed by atoms with Crippen LogP contribution in [0.3, 0.4) is 0 Å². The van der Waals surface area contributed by atoms with Crippen molar-refractivity contribution in [1.82, 2.24) is 15.1 Å². The summed E-state index contributed by atoms with van der Waals surface area (Å²) in [4.78, 5) is 18.8. The quantitative estimate of drug-likeness (QED) is 0.381. The Labute approximate surface area is 146 Å². The Morgan fingerprint density at radius 2 is 1.96 bits per heavy atom. The zero-order valence-electron chi connectivity index (χ0n) is 12.6. The van der Waals surface area contributed by atoms with Crippen LogP contribution in [-0.2, 0) is 0 Å². The molecule has 24 heavy (non-hydrogen) atoms. The third kappa shape index (κ3) is 2.83. The first-order valence-corrected chi connectivity index (χ1v) is 7.55. The van der Waals surface area contributed by atoms with Gasteiger partial charge < -0.3 is 4.52 Å². The Morgan fingerprint density at radius 1 is 1.21 bits per heavy atom. The molecule has 7 nitrogen and oxygen atoms in total. The van der Waals surface area contributed by atoms with Gasteiger partial charge in [0.15, 0.2) is 0 Å². The first kappa shape index (κ1) is 16.4. The molecule has 0 unspecified atom stereocenters. The highest BCUT2D eigenvalue weighted by molar-refractivity contribution is 6.35. The lowest BCUT2D eigenvalue weighted by molar-refractivity contribution is -0.384. The molecular weight excluding hydrogens is 355 g/mol. The fourth-order valence-corrected chi connectivity index (χ4v) is 2.73. The minimum atomic E-state index is -0.495. The lowest BCUT2D eigenvalue weighted by atomic mass is 10.1. The van der Waals surface area contributed by atoms with Gasteiger partial charge in [-0.15, -0.1) is 0 Å². The first-order valence-electron chi connectivity index (χ1n) is 6.79. The maximum absolute atomic E-state index is 10.9. The number of rotatable bonds is 3. The van der Waals surface area contributed by atoms with Crippen molar-refractivity contribution in [3.8, 4) is 22.8 Å². The molecule has 0 aliphatic carbocycles. The number of halogens is 2. The van der Waals surface area contributed by atoms with Crippen LogP contribution in [0.25, 0.3) is 22.8 Å². The van der Waals surface area contributed by atoms with Crippen LogP contribution in [0.2, 0.25) is 10.2 Å². The fourth-order valence-electron chi connectivity index (χ4n) is 2.24. The Bertz CT molecular complexity index is 956. The minimum absolute atomic E-state index is 0.0680. The van der Waals surface area contributed by atoms with E-state index in [9.17, 15) is 10.1 Å². The molecule has 0 N–H and O–H groups in total. The van der Waals surface area contributed by atoms with Crippen molar-refractivity contribution in [2.75, 3.05) is 0 Å². The number of non-ortho nitro benzene ring substituents is 1. The second kappa shape index (κ2) is 6.18. The standard InChI is InChI=1S/C15H10Cl2N4O3/c1-7-11(13(17)18-8(2)12(7)16)14-19-15(24-20-14)9-4-3-5-10(6-9)21(22)23/h3-6H,1-2H3. The fraction of sp³-hybridized carbons (Fsp3) is 0.133. The molecule has 1 aromatic carbocycles. The zero-order valence-corrected chi connectivity index (χ0v) is 14.1. The second-order valence-electron chi connectivity index (χ2n) is 5.03. The smallest absolute Gasteiger partial charge is 0.270 e. The topological polar surface area (TPSA) is 95.0 Å². The average molecular weight is 365 g/mol. The summed E-state index contributed by atoms with van der Waals surface area (Å²) in [7, 11) is 0. The van der Waals surface area contributed by atoms with Crippen molar-refractivity contribution < 1.29 is 9.45 Å². The van der Waals surface area contributed by atoms with Crippen molar-refractivity contribution >= 4 is 28.9 Å². The second-order valence-corrected chi connectivity index (χ2v) is 5.77. The summed E-state index contributed by atoms with van der Waals surface area (Å²) in [6, 6.07) is 5.91. The van der Waals surface area contributed by atoms with Crippen molar-refractivity contribution in [3.63, 3.8) is 0 Å². The highest BCUT2D eigenvalue weighted by atomic mass is 35.5. The number of pyridine rings is 1. The van der Waals surface area contributed by atoms with Crippen molar-refractivity contribution in [2.24, 2.45) is 0 Å². The number of nitro benzene ring substituents is 1. The largest absolute Gasteiger partial charge is 0.334 e. The van der Waals surface area contributed by atoms with Crippen LogP contribution in [0.1, 0.15) is 11.3 Å². The SMILES string of the molecule is Cc1nc(Cl)c(-c2noc(-c3cccc([N+](=O)[O-])c3)n2)c(C)c1Cl. The number of hydrogen-bond donors (Lipinski definition) is 0. The first-order chi connectivity index (χ1) is 11.4. The Balaban J connectivity index is 2.08. The van der Waals surface area contributed by atoms with E-state index in [0.29, 0.717) is 27.4 Å². The van der Waals surface area contributed by atoms with E-state index in [-0.39, 0.29) is 22.6 Å². The van der Waals surface area contributed by atoms with Gasteiger partial charge in [0.2, 0.25) is 5.82 Å². The van der Waals surface area contributed by atoms with Crippen LogP contribution in [0.4, 0.5) is 5.69 Å². The molecule has 0 saturated heterocycles. The van der Waals surface area contributed by atoms with E-state index in [1.165, 1.54) is 12.1 Å². The summed E-state index contributed by atoms with van der Waals surface area (Å²) in [6.45, 7) is 3.53. The van der Waals surface area contributed by atoms with E-state index >= 15 is 0 Å². The van der Waals surface area contributed by atoms with E-state index in [0.717, 1.165) is 0 Å². The van der Waals surface area contributed by atoms with Crippen molar-refractivity contribution in [2.45, 2.75) is 13.8 Å². The van der Waals surface area contributed by atoms with Crippen LogP contribution >= 0.6 is 23.2 Å². The lowest BCUT2D eigenvalue weighted by Gasteiger charge is -2.07. The van der Waals surface area contributed by atoms with Gasteiger partial charge in [0.05, 0.1) is 21.2 Å². The summed E-state index contributed by atoms with van der Waals surface area (Å²) < 4.78 is 5.21. The number of nitro groups is 1. The monoisotopic (exact) mass is 364 g/mol. The molecule has 0 aliphatic heterocycles. The summed E-state index contributed by atoms with van der Waals surface area (Å²) in [6.07, 6.45) is 0. The minimum Gasteiger partial charge on any atom is -0.334 e. The van der Waals surface area contributed by atoms with Crippen LogP contribution in [0, 0.1) is 24.0 Å². The van der Waals surface area contributed by atoms with E-state index in [1.807, 2.05) is 0 Å². The molecule has 2 heterocycles. The molecule has 0 fully saturated rings. The van der Waals surface area contributed by atoms with Gasteiger partial charge in [-0.05, 0) is 25.5 Å². The molecule has 0 aliphatic rings. The molecule has 3 rings (SSSR count). The maximum Gasteiger partial charge on any atom is 0.270 e. The Hall–Kier alpha value is -2.51. The van der Waals surface area contributed by atoms with E-state index in [2.05, 4.69) is 15.1 Å². The number of aryl methyl sites for hydroxylation is 1. The molecule has 2 aromatic heterocycles. The summed E-state index contributed by atoms with van der Waals surface area (Å²) in [5.41, 5.74) is 2.11. The van der Waals surface area contributed by atoms with Crippen LogP contribution in [-0.4, -0.2) is 20.0 Å². The Morgan fingerprint density at radius 3 is 2.67 bits per heavy atom. The van der Waals surface area contributed by atoms with Crippen LogP contribution in [0.15, 0.2) is 28.8 Å². The number of aromatic nitrogens is 3. The number of benzene rings is 1. The van der Waals surface area contributed by atoms with Gasteiger partial charge in [0.1, 0.15) is 5.15 Å². The number of nitrogens with zero attached hydrogens (tertiary/aromatic N) is 4. The average Bonchev–Trinajstić information content (AvgIpc) is 3.02. The molecule has 0 atom stereocenters. The zero-order chi connectivity index (χ0) is 17.4. The third-order valence-corrected chi connectivity index (χ3v) is 4.28. The van der Waals surface area contributed by atoms with Gasteiger partial charge in [-0.25, -0.2) is 4.98 Å². The van der Waals surface area contributed by atoms with E-state index < -0.39 is 4.92 Å². The normalized spacial score (nSPS) is 10.8. The summed E-state index contributed by atoms with van der Waals surface area (Å²) in [5, 5.41) is 15.4. The summed E-state index contributed by atoms with van der Waals surface area (Å²) >= 11 is 12.4. The predicted octanol–water partition coefficient (Wildman–Crippen LogP) is 4.63. The van der Waals surface area contributed by atoms with Crippen molar-refractivity contribution in [1.29, 1.82) is 0 Å². The van der Waals surface area contributed by atoms with Crippen molar-refractivity contribution in [3.05, 3.63) is 55.8 Å². The van der Waals surface area contributed by atoms with Crippen LogP contribution in [0.5, 0.6) is 0 Å². The highest BCUT2D eigenvalue weighted by Crippen LogP contribution is 2.34. The number of hydrogen-bond acceptors (Lipinski definition) is 6.